The van der Waals surface area contributed by atoms with Crippen LogP contribution in [-0.2, 0) is 11.8 Å². The summed E-state index contributed by atoms with van der Waals surface area (Å²) in [6, 6.07) is 17.5. The van der Waals surface area contributed by atoms with Crippen LogP contribution in [0.5, 0.6) is 0 Å². The molecule has 0 aliphatic carbocycles. The fourth-order valence-corrected chi connectivity index (χ4v) is 3.66. The van der Waals surface area contributed by atoms with Gasteiger partial charge in [0, 0.05) is 28.5 Å². The maximum Gasteiger partial charge on any atom is 0.0456 e. The predicted molar refractivity (Wildman–Crippen MR) is 106 cm³/mol. The largest absolute Gasteiger partial charge is 0.361 e. The summed E-state index contributed by atoms with van der Waals surface area (Å²) < 4.78 is 2.31. The molecule has 0 atom stereocenters. The Bertz CT molecular complexity index is 797. The van der Waals surface area contributed by atoms with Crippen molar-refractivity contribution in [3.05, 3.63) is 65.9 Å². The van der Waals surface area contributed by atoms with Gasteiger partial charge in [-0.25, -0.2) is 4.31 Å². The molecule has 0 amide bonds. The summed E-state index contributed by atoms with van der Waals surface area (Å²) in [6.07, 6.45) is 3.19. The molecule has 24 heavy (non-hydrogen) atoms. The number of para-hydroxylation sites is 1. The van der Waals surface area contributed by atoms with Gasteiger partial charge < -0.3 is 4.98 Å². The Kier molecular flexibility index (Phi) is 5.02. The van der Waals surface area contributed by atoms with E-state index < -0.39 is 0 Å². The van der Waals surface area contributed by atoms with Crippen LogP contribution in [0.1, 0.15) is 31.9 Å². The zero-order valence-corrected chi connectivity index (χ0v) is 15.8. The van der Waals surface area contributed by atoms with Gasteiger partial charge >= 0.3 is 0 Å². The van der Waals surface area contributed by atoms with Gasteiger partial charge in [0.2, 0.25) is 0 Å². The fraction of sp³-hybridized carbons (Fsp3) is 0.333. The average Bonchev–Trinajstić information content (AvgIpc) is 2.96. The van der Waals surface area contributed by atoms with Crippen LogP contribution in [0.25, 0.3) is 10.9 Å². The molecule has 3 rings (SSSR count). The molecular formula is C21H26N2S. The Hall–Kier alpha value is -1.71. The summed E-state index contributed by atoms with van der Waals surface area (Å²) in [5.74, 6) is 0. The van der Waals surface area contributed by atoms with Crippen LogP contribution in [0.3, 0.4) is 0 Å². The van der Waals surface area contributed by atoms with Crippen molar-refractivity contribution >= 4 is 22.9 Å². The summed E-state index contributed by atoms with van der Waals surface area (Å²) >= 11 is 1.81. The van der Waals surface area contributed by atoms with Crippen molar-refractivity contribution in [3.63, 3.8) is 0 Å². The molecule has 0 radical (unpaired) electrons. The topological polar surface area (TPSA) is 19.0 Å². The van der Waals surface area contributed by atoms with Crippen molar-refractivity contribution in [1.82, 2.24) is 9.29 Å². The molecule has 0 fully saturated rings. The molecular weight excluding hydrogens is 312 g/mol. The minimum atomic E-state index is 0.213. The summed E-state index contributed by atoms with van der Waals surface area (Å²) in [4.78, 5) is 4.65. The number of aromatic amines is 1. The van der Waals surface area contributed by atoms with Crippen LogP contribution in [0.2, 0.25) is 0 Å². The Morgan fingerprint density at radius 1 is 1.00 bits per heavy atom. The van der Waals surface area contributed by atoms with Crippen molar-refractivity contribution in [3.8, 4) is 0 Å². The van der Waals surface area contributed by atoms with E-state index in [1.54, 1.807) is 0 Å². The van der Waals surface area contributed by atoms with E-state index in [2.05, 4.69) is 91.8 Å². The number of likely N-dealkylation sites (N-methyl/N-ethyl adjacent to an activating group) is 1. The molecule has 2 aromatic carbocycles. The molecule has 0 aliphatic rings. The smallest absolute Gasteiger partial charge is 0.0456 e. The zero-order chi connectivity index (χ0) is 17.2. The minimum absolute atomic E-state index is 0.213. The highest BCUT2D eigenvalue weighted by molar-refractivity contribution is 7.97. The summed E-state index contributed by atoms with van der Waals surface area (Å²) in [6.45, 7) is 7.78. The van der Waals surface area contributed by atoms with Crippen molar-refractivity contribution in [2.45, 2.75) is 37.5 Å². The van der Waals surface area contributed by atoms with E-state index in [0.717, 1.165) is 13.0 Å². The third-order valence-electron chi connectivity index (χ3n) is 4.35. The van der Waals surface area contributed by atoms with Crippen LogP contribution in [-0.4, -0.2) is 22.9 Å². The highest BCUT2D eigenvalue weighted by atomic mass is 32.2. The molecule has 0 unspecified atom stereocenters. The lowest BCUT2D eigenvalue weighted by molar-refractivity contribution is 0.569. The van der Waals surface area contributed by atoms with Crippen molar-refractivity contribution in [2.24, 2.45) is 0 Å². The summed E-state index contributed by atoms with van der Waals surface area (Å²) in [5.41, 5.74) is 4.21. The summed E-state index contributed by atoms with van der Waals surface area (Å²) in [5, 5.41) is 1.34. The van der Waals surface area contributed by atoms with Crippen molar-refractivity contribution < 1.29 is 0 Å². The Morgan fingerprint density at radius 3 is 2.42 bits per heavy atom. The fourth-order valence-electron chi connectivity index (χ4n) is 2.86. The van der Waals surface area contributed by atoms with Crippen LogP contribution < -0.4 is 0 Å². The molecule has 0 spiro atoms. The Balaban J connectivity index is 1.58. The van der Waals surface area contributed by atoms with E-state index in [9.17, 15) is 0 Å². The zero-order valence-electron chi connectivity index (χ0n) is 15.0. The molecule has 126 valence electrons. The molecule has 3 heteroatoms. The number of benzene rings is 2. The second kappa shape index (κ2) is 7.04. The number of nitrogens with zero attached hydrogens (tertiary/aromatic N) is 1. The Morgan fingerprint density at radius 2 is 1.71 bits per heavy atom. The molecule has 3 aromatic rings. The molecule has 0 bridgehead atoms. The maximum atomic E-state index is 3.36. The van der Waals surface area contributed by atoms with Gasteiger partial charge in [0.1, 0.15) is 0 Å². The third kappa shape index (κ3) is 4.03. The lowest BCUT2D eigenvalue weighted by atomic mass is 9.87. The SMILES string of the molecule is CN(CCc1c[nH]c2ccccc12)Sc1ccc(C(C)(C)C)cc1. The van der Waals surface area contributed by atoms with E-state index in [4.69, 9.17) is 0 Å². The van der Waals surface area contributed by atoms with Crippen LogP contribution in [0, 0.1) is 0 Å². The van der Waals surface area contributed by atoms with E-state index in [1.165, 1.54) is 26.9 Å². The number of aromatic nitrogens is 1. The normalized spacial score (nSPS) is 12.2. The lowest BCUT2D eigenvalue weighted by Crippen LogP contribution is -2.13. The average molecular weight is 339 g/mol. The predicted octanol–water partition coefficient (Wildman–Crippen LogP) is 5.65. The van der Waals surface area contributed by atoms with Crippen molar-refractivity contribution in [1.29, 1.82) is 0 Å². The van der Waals surface area contributed by atoms with Crippen LogP contribution in [0.4, 0.5) is 0 Å². The molecule has 2 nitrogen and oxygen atoms in total. The second-order valence-corrected chi connectivity index (χ2v) is 8.60. The van der Waals surface area contributed by atoms with Gasteiger partial charge in [-0.2, -0.15) is 0 Å². The molecule has 0 saturated heterocycles. The minimum Gasteiger partial charge on any atom is -0.361 e. The highest BCUT2D eigenvalue weighted by Gasteiger charge is 2.13. The number of rotatable bonds is 5. The maximum absolute atomic E-state index is 3.36. The monoisotopic (exact) mass is 338 g/mol. The first-order valence-electron chi connectivity index (χ1n) is 8.48. The molecule has 1 heterocycles. The van der Waals surface area contributed by atoms with Gasteiger partial charge in [0.25, 0.3) is 0 Å². The number of nitrogens with one attached hydrogen (secondary N) is 1. The van der Waals surface area contributed by atoms with Gasteiger partial charge in [0.15, 0.2) is 0 Å². The van der Waals surface area contributed by atoms with Crippen molar-refractivity contribution in [2.75, 3.05) is 13.6 Å². The van der Waals surface area contributed by atoms with Gasteiger partial charge in [-0.1, -0.05) is 51.1 Å². The van der Waals surface area contributed by atoms with E-state index in [0.29, 0.717) is 0 Å². The first-order valence-corrected chi connectivity index (χ1v) is 9.25. The van der Waals surface area contributed by atoms with E-state index in [-0.39, 0.29) is 5.41 Å². The van der Waals surface area contributed by atoms with E-state index >= 15 is 0 Å². The third-order valence-corrected chi connectivity index (χ3v) is 5.33. The molecule has 1 aromatic heterocycles. The van der Waals surface area contributed by atoms with Crippen LogP contribution >= 0.6 is 11.9 Å². The lowest BCUT2D eigenvalue weighted by Gasteiger charge is -2.20. The number of fused-ring (bicyclic) bond motifs is 1. The van der Waals surface area contributed by atoms with Gasteiger partial charge in [-0.15, -0.1) is 0 Å². The molecule has 0 saturated carbocycles. The number of hydrogen-bond acceptors (Lipinski definition) is 2. The second-order valence-electron chi connectivity index (χ2n) is 7.33. The first-order chi connectivity index (χ1) is 11.4. The van der Waals surface area contributed by atoms with Gasteiger partial charge in [-0.05, 0) is 60.2 Å². The number of hydrogen-bond donors (Lipinski definition) is 1. The van der Waals surface area contributed by atoms with Gasteiger partial charge in [-0.3, -0.25) is 0 Å². The molecule has 1 N–H and O–H groups in total. The van der Waals surface area contributed by atoms with Crippen LogP contribution in [0.15, 0.2) is 59.6 Å². The Labute approximate surface area is 149 Å². The van der Waals surface area contributed by atoms with Gasteiger partial charge in [0.05, 0.1) is 0 Å². The quantitative estimate of drug-likeness (QED) is 0.606. The first kappa shape index (κ1) is 17.1. The van der Waals surface area contributed by atoms with E-state index in [1.807, 2.05) is 11.9 Å². The standard InChI is InChI=1S/C21H26N2S/c1-21(2,3)17-9-11-18(12-10-17)24-23(4)14-13-16-15-22-20-8-6-5-7-19(16)20/h5-12,15,22H,13-14H2,1-4H3. The number of H-pyrrole nitrogens is 1. The summed E-state index contributed by atoms with van der Waals surface area (Å²) in [7, 11) is 2.16. The highest BCUT2D eigenvalue weighted by Crippen LogP contribution is 2.27. The molecule has 0 aliphatic heterocycles.